The number of hydrogen-bond acceptors (Lipinski definition) is 7. The molecular weight excluding hydrogens is 612 g/mol. The van der Waals surface area contributed by atoms with Crippen molar-refractivity contribution in [1.29, 1.82) is 0 Å². The van der Waals surface area contributed by atoms with E-state index in [1.54, 1.807) is 54.6 Å². The summed E-state index contributed by atoms with van der Waals surface area (Å²) in [6.45, 7) is 5.31. The molecule has 0 heterocycles. The molecule has 0 aromatic heterocycles. The summed E-state index contributed by atoms with van der Waals surface area (Å²) in [5.41, 5.74) is 1.97. The van der Waals surface area contributed by atoms with Crippen molar-refractivity contribution in [3.63, 3.8) is 0 Å². The Morgan fingerprint density at radius 2 is 1.15 bits per heavy atom. The molecule has 4 amide bonds. The van der Waals surface area contributed by atoms with Gasteiger partial charge in [-0.3, -0.25) is 24.0 Å². The van der Waals surface area contributed by atoms with Gasteiger partial charge in [-0.05, 0) is 42.5 Å². The van der Waals surface area contributed by atoms with Crippen LogP contribution >= 0.6 is 0 Å². The predicted octanol–water partition coefficient (Wildman–Crippen LogP) is 2.92. The quantitative estimate of drug-likeness (QED) is 0.128. The molecule has 11 nitrogen and oxygen atoms in total. The van der Waals surface area contributed by atoms with Crippen molar-refractivity contribution in [3.8, 4) is 0 Å². The predicted molar refractivity (Wildman–Crippen MR) is 181 cm³/mol. The lowest BCUT2D eigenvalue weighted by Gasteiger charge is -2.25. The number of benzene rings is 3. The van der Waals surface area contributed by atoms with Gasteiger partial charge in [0.2, 0.25) is 17.6 Å². The van der Waals surface area contributed by atoms with E-state index in [1.165, 1.54) is 14.0 Å². The topological polar surface area (TPSA) is 160 Å². The van der Waals surface area contributed by atoms with E-state index < -0.39 is 59.5 Å². The Morgan fingerprint density at radius 3 is 1.67 bits per heavy atom. The minimum absolute atomic E-state index is 0.0559. The zero-order valence-corrected chi connectivity index (χ0v) is 27.7. The molecule has 254 valence electrons. The van der Waals surface area contributed by atoms with Gasteiger partial charge < -0.3 is 26.0 Å². The highest BCUT2D eigenvalue weighted by atomic mass is 16.5. The number of rotatable bonds is 17. The molecule has 11 heteroatoms. The van der Waals surface area contributed by atoms with Gasteiger partial charge in [0.05, 0.1) is 7.11 Å². The fourth-order valence-electron chi connectivity index (χ4n) is 5.10. The number of amides is 4. The summed E-state index contributed by atoms with van der Waals surface area (Å²) >= 11 is 0. The minimum atomic E-state index is -1.08. The molecule has 0 radical (unpaired) electrons. The summed E-state index contributed by atoms with van der Waals surface area (Å²) in [6.07, 6.45) is 0.377. The SMILES string of the molecule is COC(=O)[C@H](Cc1ccccc1)NC(=O)C(=O)C[C@@H](CC(C)C)NC(=O)[C@H](C)NC(=O)[C@H](Cc1ccccc1)NC(=O)c1ccccc1. The normalized spacial score (nSPS) is 13.3. The lowest BCUT2D eigenvalue weighted by atomic mass is 9.98. The Labute approximate surface area is 281 Å². The second-order valence-corrected chi connectivity index (χ2v) is 12.0. The highest BCUT2D eigenvalue weighted by molar-refractivity contribution is 6.36. The van der Waals surface area contributed by atoms with Gasteiger partial charge in [0.1, 0.15) is 18.1 Å². The molecule has 0 saturated carbocycles. The van der Waals surface area contributed by atoms with Crippen LogP contribution in [0.5, 0.6) is 0 Å². The van der Waals surface area contributed by atoms with E-state index in [-0.39, 0.29) is 25.2 Å². The molecule has 0 aliphatic carbocycles. The number of esters is 1. The first kappa shape index (κ1) is 37.1. The van der Waals surface area contributed by atoms with E-state index in [1.807, 2.05) is 50.2 Å². The zero-order valence-electron chi connectivity index (χ0n) is 27.7. The maximum atomic E-state index is 13.4. The molecule has 3 aromatic rings. The number of ketones is 1. The van der Waals surface area contributed by atoms with E-state index in [9.17, 15) is 28.8 Å². The van der Waals surface area contributed by atoms with Gasteiger partial charge in [0.15, 0.2) is 0 Å². The molecule has 3 rings (SSSR count). The van der Waals surface area contributed by atoms with Crippen molar-refractivity contribution >= 4 is 35.4 Å². The van der Waals surface area contributed by atoms with Crippen LogP contribution in [0.4, 0.5) is 0 Å². The zero-order chi connectivity index (χ0) is 35.1. The van der Waals surface area contributed by atoms with Gasteiger partial charge in [-0.1, -0.05) is 92.7 Å². The van der Waals surface area contributed by atoms with Crippen LogP contribution in [0, 0.1) is 5.92 Å². The Morgan fingerprint density at radius 1 is 0.625 bits per heavy atom. The third-order valence-electron chi connectivity index (χ3n) is 7.55. The summed E-state index contributed by atoms with van der Waals surface area (Å²) in [5, 5.41) is 10.7. The molecule has 3 aromatic carbocycles. The summed E-state index contributed by atoms with van der Waals surface area (Å²) in [6, 6.07) is 22.9. The Hall–Kier alpha value is -5.32. The molecule has 48 heavy (non-hydrogen) atoms. The molecule has 4 N–H and O–H groups in total. The van der Waals surface area contributed by atoms with Crippen LogP contribution in [-0.4, -0.2) is 66.7 Å². The summed E-state index contributed by atoms with van der Waals surface area (Å²) in [7, 11) is 1.20. The van der Waals surface area contributed by atoms with E-state index in [4.69, 9.17) is 4.74 Å². The minimum Gasteiger partial charge on any atom is -0.467 e. The summed E-state index contributed by atoms with van der Waals surface area (Å²) in [4.78, 5) is 77.9. The number of methoxy groups -OCH3 is 1. The molecule has 0 saturated heterocycles. The first-order chi connectivity index (χ1) is 23.0. The van der Waals surface area contributed by atoms with Crippen LogP contribution in [0.2, 0.25) is 0 Å². The van der Waals surface area contributed by atoms with Crippen molar-refractivity contribution in [2.75, 3.05) is 7.11 Å². The van der Waals surface area contributed by atoms with Crippen molar-refractivity contribution in [1.82, 2.24) is 21.3 Å². The monoisotopic (exact) mass is 656 g/mol. The highest BCUT2D eigenvalue weighted by Gasteiger charge is 2.30. The van der Waals surface area contributed by atoms with Gasteiger partial charge >= 0.3 is 5.97 Å². The number of Topliss-reactive ketones (excluding diaryl/α,β-unsaturated/α-hetero) is 1. The van der Waals surface area contributed by atoms with Crippen molar-refractivity contribution in [2.45, 2.75) is 70.6 Å². The molecule has 0 bridgehead atoms. The highest BCUT2D eigenvalue weighted by Crippen LogP contribution is 2.11. The van der Waals surface area contributed by atoms with E-state index in [0.717, 1.165) is 11.1 Å². The Balaban J connectivity index is 1.65. The smallest absolute Gasteiger partial charge is 0.328 e. The number of carbonyl (C=O) groups is 6. The maximum absolute atomic E-state index is 13.4. The largest absolute Gasteiger partial charge is 0.467 e. The van der Waals surface area contributed by atoms with Crippen LogP contribution in [-0.2, 0) is 41.6 Å². The van der Waals surface area contributed by atoms with Gasteiger partial charge in [0, 0.05) is 30.9 Å². The van der Waals surface area contributed by atoms with Crippen LogP contribution in [0.3, 0.4) is 0 Å². The molecule has 0 aliphatic heterocycles. The fraction of sp³-hybridized carbons (Fsp3) is 0.351. The van der Waals surface area contributed by atoms with Crippen molar-refractivity contribution < 1.29 is 33.5 Å². The Kier molecular flexibility index (Phi) is 14.5. The van der Waals surface area contributed by atoms with Gasteiger partial charge in [-0.2, -0.15) is 0 Å². The number of ether oxygens (including phenoxy) is 1. The Bertz CT molecular complexity index is 1530. The molecule has 4 atom stereocenters. The van der Waals surface area contributed by atoms with E-state index in [0.29, 0.717) is 12.0 Å². The average Bonchev–Trinajstić information content (AvgIpc) is 3.08. The van der Waals surface area contributed by atoms with E-state index in [2.05, 4.69) is 21.3 Å². The summed E-state index contributed by atoms with van der Waals surface area (Å²) in [5.74, 6) is -3.98. The molecular formula is C37H44N4O7. The molecule has 0 fully saturated rings. The van der Waals surface area contributed by atoms with Crippen molar-refractivity contribution in [3.05, 3.63) is 108 Å². The lowest BCUT2D eigenvalue weighted by Crippen LogP contribution is -2.55. The van der Waals surface area contributed by atoms with Gasteiger partial charge in [-0.15, -0.1) is 0 Å². The maximum Gasteiger partial charge on any atom is 0.328 e. The second-order valence-electron chi connectivity index (χ2n) is 12.0. The average molecular weight is 657 g/mol. The van der Waals surface area contributed by atoms with Crippen molar-refractivity contribution in [2.24, 2.45) is 5.92 Å². The lowest BCUT2D eigenvalue weighted by molar-refractivity contribution is -0.146. The van der Waals surface area contributed by atoms with Gasteiger partial charge in [-0.25, -0.2) is 4.79 Å². The fourth-order valence-corrected chi connectivity index (χ4v) is 5.10. The summed E-state index contributed by atoms with van der Waals surface area (Å²) < 4.78 is 4.82. The third-order valence-corrected chi connectivity index (χ3v) is 7.55. The molecule has 0 unspecified atom stereocenters. The molecule has 0 spiro atoms. The first-order valence-corrected chi connectivity index (χ1v) is 15.9. The molecule has 0 aliphatic rings. The third kappa shape index (κ3) is 12.1. The van der Waals surface area contributed by atoms with E-state index >= 15 is 0 Å². The standard InChI is InChI=1S/C37H44N4O7/c1-24(2)20-29(23-32(42)36(46)41-31(37(47)48-4)22-27-16-10-6-11-17-27)39-33(43)25(3)38-35(45)30(21-26-14-8-5-9-15-26)40-34(44)28-18-12-7-13-19-28/h5-19,24-25,29-31H,20-23H2,1-4H3,(H,38,45)(H,39,43)(H,40,44)(H,41,46)/t25-,29+,30-,31-/m0/s1. The number of hydrogen-bond donors (Lipinski definition) is 4. The number of nitrogens with one attached hydrogen (secondary N) is 4. The van der Waals surface area contributed by atoms with Crippen LogP contribution in [0.1, 0.15) is 55.1 Å². The second kappa shape index (κ2) is 18.7. The van der Waals surface area contributed by atoms with Crippen LogP contribution in [0.25, 0.3) is 0 Å². The number of carbonyl (C=O) groups excluding carboxylic acids is 6. The van der Waals surface area contributed by atoms with Crippen LogP contribution in [0.15, 0.2) is 91.0 Å². The van der Waals surface area contributed by atoms with Crippen LogP contribution < -0.4 is 21.3 Å². The first-order valence-electron chi connectivity index (χ1n) is 15.9. The van der Waals surface area contributed by atoms with Gasteiger partial charge in [0.25, 0.3) is 11.8 Å².